The predicted molar refractivity (Wildman–Crippen MR) is 147 cm³/mol. The maximum atomic E-state index is 13.8. The number of ether oxygens (including phenoxy) is 1. The number of nitrogens with zero attached hydrogens (tertiary/aromatic N) is 3. The van der Waals surface area contributed by atoms with E-state index in [1.54, 1.807) is 24.4 Å². The van der Waals surface area contributed by atoms with Crippen LogP contribution in [0.4, 0.5) is 0 Å². The number of carbonyl (C=O) groups is 1. The van der Waals surface area contributed by atoms with E-state index in [0.717, 1.165) is 28.2 Å². The molecule has 3 aromatic carbocycles. The summed E-state index contributed by atoms with van der Waals surface area (Å²) in [5.41, 5.74) is 2.73. The van der Waals surface area contributed by atoms with Crippen molar-refractivity contribution in [3.63, 3.8) is 0 Å². The van der Waals surface area contributed by atoms with Gasteiger partial charge in [0, 0.05) is 41.3 Å². The number of nitrogens with one attached hydrogen (secondary N) is 1. The lowest BCUT2D eigenvalue weighted by atomic mass is 10.0. The molecule has 1 fully saturated rings. The Balaban J connectivity index is 1.29. The van der Waals surface area contributed by atoms with Gasteiger partial charge in [0.2, 0.25) is 15.9 Å². The molecular formula is C28H24N4O5S2. The molecule has 1 N–H and O–H groups in total. The molecule has 1 aliphatic rings. The number of para-hydroxylation sites is 1. The van der Waals surface area contributed by atoms with Gasteiger partial charge in [-0.05, 0) is 41.6 Å². The molecule has 0 radical (unpaired) electrons. The summed E-state index contributed by atoms with van der Waals surface area (Å²) in [5.74, 6) is 0.0740. The average Bonchev–Trinajstić information content (AvgIpc) is 3.64. The standard InChI is InChI=1S/C28H24N4O5S2/c33-25(23-18-29-24-12-5-4-11-22(23)24)26(19-7-2-1-3-8-19)38-28-31-30-27(37-28)20-9-6-10-21(17-20)39(34,35)32-13-15-36-16-14-32/h1-12,17-18,26,29H,13-16H2/t26-/m1/s1. The van der Waals surface area contributed by atoms with Crippen molar-refractivity contribution in [3.8, 4) is 11.5 Å². The third-order valence-corrected chi connectivity index (χ3v) is 9.49. The number of ketones is 1. The van der Waals surface area contributed by atoms with Crippen LogP contribution in [-0.4, -0.2) is 60.0 Å². The van der Waals surface area contributed by atoms with Crippen LogP contribution in [0.5, 0.6) is 0 Å². The van der Waals surface area contributed by atoms with Gasteiger partial charge in [-0.15, -0.1) is 10.2 Å². The second-order valence-electron chi connectivity index (χ2n) is 8.94. The smallest absolute Gasteiger partial charge is 0.277 e. The number of hydrogen-bond donors (Lipinski definition) is 1. The molecule has 11 heteroatoms. The molecule has 5 aromatic rings. The van der Waals surface area contributed by atoms with Gasteiger partial charge in [0.15, 0.2) is 5.78 Å². The third-order valence-electron chi connectivity index (χ3n) is 6.51. The molecule has 2 aromatic heterocycles. The maximum Gasteiger partial charge on any atom is 0.277 e. The van der Waals surface area contributed by atoms with Crippen LogP contribution in [0.15, 0.2) is 99.6 Å². The van der Waals surface area contributed by atoms with Crippen LogP contribution < -0.4 is 0 Å². The van der Waals surface area contributed by atoms with Crippen LogP contribution >= 0.6 is 11.8 Å². The molecule has 1 aliphatic heterocycles. The Bertz CT molecular complexity index is 1730. The van der Waals surface area contributed by atoms with Crippen LogP contribution in [0, 0.1) is 0 Å². The van der Waals surface area contributed by atoms with Crippen molar-refractivity contribution in [1.29, 1.82) is 0 Å². The number of hydrogen-bond acceptors (Lipinski definition) is 8. The topological polar surface area (TPSA) is 118 Å². The van der Waals surface area contributed by atoms with E-state index >= 15 is 0 Å². The van der Waals surface area contributed by atoms with Crippen LogP contribution in [0.1, 0.15) is 21.2 Å². The van der Waals surface area contributed by atoms with E-state index in [-0.39, 0.29) is 21.8 Å². The Hall–Kier alpha value is -3.77. The first kappa shape index (κ1) is 25.5. The number of sulfonamides is 1. The van der Waals surface area contributed by atoms with Gasteiger partial charge in [0.05, 0.1) is 18.1 Å². The average molecular weight is 561 g/mol. The minimum atomic E-state index is -3.68. The molecule has 0 saturated carbocycles. The quantitative estimate of drug-likeness (QED) is 0.209. The number of carbonyl (C=O) groups excluding carboxylic acids is 1. The normalized spacial score (nSPS) is 15.4. The highest BCUT2D eigenvalue weighted by atomic mass is 32.2. The number of H-pyrrole nitrogens is 1. The second kappa shape index (κ2) is 10.8. The van der Waals surface area contributed by atoms with Crippen LogP contribution in [0.3, 0.4) is 0 Å². The SMILES string of the molecule is O=C(c1c[nH]c2ccccc12)[C@H](Sc1nnc(-c2cccc(S(=O)(=O)N3CCOCC3)c2)o1)c1ccccc1. The number of thioether (sulfide) groups is 1. The summed E-state index contributed by atoms with van der Waals surface area (Å²) < 4.78 is 38.9. The summed E-state index contributed by atoms with van der Waals surface area (Å²) in [6.07, 6.45) is 1.73. The van der Waals surface area contributed by atoms with E-state index < -0.39 is 15.3 Å². The molecule has 6 rings (SSSR count). The van der Waals surface area contributed by atoms with Gasteiger partial charge in [-0.25, -0.2) is 8.42 Å². The van der Waals surface area contributed by atoms with E-state index in [9.17, 15) is 13.2 Å². The molecular weight excluding hydrogens is 536 g/mol. The lowest BCUT2D eigenvalue weighted by Crippen LogP contribution is -2.40. The number of morpholine rings is 1. The van der Waals surface area contributed by atoms with E-state index in [0.29, 0.717) is 37.4 Å². The molecule has 0 unspecified atom stereocenters. The van der Waals surface area contributed by atoms with Crippen molar-refractivity contribution in [2.45, 2.75) is 15.4 Å². The van der Waals surface area contributed by atoms with Gasteiger partial charge >= 0.3 is 0 Å². The molecule has 9 nitrogen and oxygen atoms in total. The highest BCUT2D eigenvalue weighted by Crippen LogP contribution is 2.39. The van der Waals surface area contributed by atoms with E-state index in [2.05, 4.69) is 15.2 Å². The Morgan fingerprint density at radius 1 is 0.949 bits per heavy atom. The zero-order valence-corrected chi connectivity index (χ0v) is 22.3. The van der Waals surface area contributed by atoms with E-state index in [1.165, 1.54) is 10.4 Å². The fourth-order valence-corrected chi connectivity index (χ4v) is 6.92. The summed E-state index contributed by atoms with van der Waals surface area (Å²) in [6.45, 7) is 1.34. The maximum absolute atomic E-state index is 13.8. The van der Waals surface area contributed by atoms with Crippen molar-refractivity contribution < 1.29 is 22.4 Å². The van der Waals surface area contributed by atoms with Gasteiger partial charge < -0.3 is 14.1 Å². The summed E-state index contributed by atoms with van der Waals surface area (Å²) in [5, 5.41) is 8.74. The van der Waals surface area contributed by atoms with Crippen molar-refractivity contribution in [2.24, 2.45) is 0 Å². The minimum absolute atomic E-state index is 0.0954. The number of aromatic amines is 1. The molecule has 0 spiro atoms. The molecule has 1 atom stereocenters. The molecule has 3 heterocycles. The van der Waals surface area contributed by atoms with Gasteiger partial charge in [-0.1, -0.05) is 54.6 Å². The molecule has 39 heavy (non-hydrogen) atoms. The van der Waals surface area contributed by atoms with Crippen LogP contribution in [0.2, 0.25) is 0 Å². The number of fused-ring (bicyclic) bond motifs is 1. The fraction of sp³-hybridized carbons (Fsp3) is 0.179. The van der Waals surface area contributed by atoms with Crippen molar-refractivity contribution >= 4 is 38.5 Å². The number of Topliss-reactive ketones (excluding diaryl/α,β-unsaturated/α-hetero) is 1. The first-order valence-electron chi connectivity index (χ1n) is 12.3. The zero-order chi connectivity index (χ0) is 26.8. The lowest BCUT2D eigenvalue weighted by molar-refractivity contribution is 0.0730. The summed E-state index contributed by atoms with van der Waals surface area (Å²) >= 11 is 1.16. The zero-order valence-electron chi connectivity index (χ0n) is 20.7. The van der Waals surface area contributed by atoms with Crippen molar-refractivity contribution in [3.05, 3.63) is 96.2 Å². The van der Waals surface area contributed by atoms with Gasteiger partial charge in [-0.3, -0.25) is 4.79 Å². The highest BCUT2D eigenvalue weighted by molar-refractivity contribution is 8.00. The van der Waals surface area contributed by atoms with Crippen LogP contribution in [0.25, 0.3) is 22.4 Å². The Kier molecular flexibility index (Phi) is 7.05. The second-order valence-corrected chi connectivity index (χ2v) is 11.9. The molecule has 0 bridgehead atoms. The van der Waals surface area contributed by atoms with Gasteiger partial charge in [-0.2, -0.15) is 4.31 Å². The first-order valence-corrected chi connectivity index (χ1v) is 14.7. The van der Waals surface area contributed by atoms with E-state index in [4.69, 9.17) is 9.15 Å². The third kappa shape index (κ3) is 5.13. The van der Waals surface area contributed by atoms with Gasteiger partial charge in [0.1, 0.15) is 5.25 Å². The Morgan fingerprint density at radius 3 is 2.54 bits per heavy atom. The highest BCUT2D eigenvalue weighted by Gasteiger charge is 2.29. The lowest BCUT2D eigenvalue weighted by Gasteiger charge is -2.26. The van der Waals surface area contributed by atoms with Gasteiger partial charge in [0.25, 0.3) is 5.22 Å². The van der Waals surface area contributed by atoms with E-state index in [1.807, 2.05) is 54.6 Å². The molecule has 1 saturated heterocycles. The number of rotatable bonds is 8. The first-order chi connectivity index (χ1) is 19.0. The molecule has 0 aliphatic carbocycles. The summed E-state index contributed by atoms with van der Waals surface area (Å²) in [7, 11) is -3.68. The summed E-state index contributed by atoms with van der Waals surface area (Å²) in [6, 6.07) is 23.5. The van der Waals surface area contributed by atoms with Crippen LogP contribution in [-0.2, 0) is 14.8 Å². The summed E-state index contributed by atoms with van der Waals surface area (Å²) in [4.78, 5) is 17.1. The molecule has 198 valence electrons. The predicted octanol–water partition coefficient (Wildman–Crippen LogP) is 4.96. The Labute approximate surface area is 229 Å². The monoisotopic (exact) mass is 560 g/mol. The number of benzene rings is 3. The Morgan fingerprint density at radius 2 is 1.72 bits per heavy atom. The largest absolute Gasteiger partial charge is 0.411 e. The van der Waals surface area contributed by atoms with Crippen molar-refractivity contribution in [2.75, 3.05) is 26.3 Å². The minimum Gasteiger partial charge on any atom is -0.411 e. The number of aromatic nitrogens is 3. The fourth-order valence-electron chi connectivity index (χ4n) is 4.52. The molecule has 0 amide bonds. The van der Waals surface area contributed by atoms with Crippen molar-refractivity contribution in [1.82, 2.24) is 19.5 Å².